The Kier molecular flexibility index (Phi) is 5.16. The van der Waals surface area contributed by atoms with Crippen LogP contribution in [0.3, 0.4) is 0 Å². The number of hydrogen-bond acceptors (Lipinski definition) is 6. The molecule has 0 amide bonds. The van der Waals surface area contributed by atoms with Gasteiger partial charge in [-0.15, -0.1) is 0 Å². The molecule has 2 aliphatic heterocycles. The molecule has 4 heterocycles. The molecule has 0 spiro atoms. The predicted octanol–water partition coefficient (Wildman–Crippen LogP) is 2.30. The van der Waals surface area contributed by atoms with E-state index < -0.39 is 40.8 Å². The summed E-state index contributed by atoms with van der Waals surface area (Å²) in [5.41, 5.74) is 0.0462. The molecule has 2 aliphatic rings. The molecular weight excluding hydrogens is 445 g/mol. The second-order valence-electron chi connectivity index (χ2n) is 7.78. The Bertz CT molecular complexity index is 1090. The van der Waals surface area contributed by atoms with Crippen LogP contribution in [0.1, 0.15) is 28.6 Å². The van der Waals surface area contributed by atoms with Gasteiger partial charge in [-0.1, -0.05) is 0 Å². The van der Waals surface area contributed by atoms with E-state index >= 15 is 0 Å². The Morgan fingerprint density at radius 2 is 1.81 bits per heavy atom. The summed E-state index contributed by atoms with van der Waals surface area (Å²) in [4.78, 5) is 13.8. The first-order valence-electron chi connectivity index (χ1n) is 9.28. The molecule has 0 atom stereocenters. The highest BCUT2D eigenvalue weighted by atomic mass is 32.2. The topological polar surface area (TPSA) is 79.3 Å². The molecule has 0 saturated carbocycles. The van der Waals surface area contributed by atoms with Crippen molar-refractivity contribution < 1.29 is 30.4 Å². The first-order valence-corrected chi connectivity index (χ1v) is 11.1. The van der Waals surface area contributed by atoms with Crippen LogP contribution in [0.15, 0.2) is 24.4 Å². The highest BCUT2D eigenvalue weighted by Gasteiger charge is 2.45. The van der Waals surface area contributed by atoms with Crippen molar-refractivity contribution in [2.45, 2.75) is 24.4 Å². The lowest BCUT2D eigenvalue weighted by molar-refractivity contribution is -0.137. The van der Waals surface area contributed by atoms with Crippen LogP contribution in [0, 0.1) is 0 Å². The van der Waals surface area contributed by atoms with Crippen molar-refractivity contribution in [1.82, 2.24) is 19.3 Å². The molecule has 0 bridgehead atoms. The van der Waals surface area contributed by atoms with E-state index in [0.717, 1.165) is 24.6 Å². The summed E-state index contributed by atoms with van der Waals surface area (Å²) in [5.74, 6) is -3.07. The molecule has 0 unspecified atom stereocenters. The van der Waals surface area contributed by atoms with Gasteiger partial charge in [0.25, 0.3) is 5.92 Å². The fourth-order valence-electron chi connectivity index (χ4n) is 3.43. The van der Waals surface area contributed by atoms with Gasteiger partial charge in [0, 0.05) is 37.3 Å². The summed E-state index contributed by atoms with van der Waals surface area (Å²) in [6.07, 6.45) is -2.45. The Labute approximate surface area is 175 Å². The number of rotatable bonds is 5. The van der Waals surface area contributed by atoms with Gasteiger partial charge < -0.3 is 4.90 Å². The van der Waals surface area contributed by atoms with Crippen molar-refractivity contribution in [1.29, 1.82) is 0 Å². The molecule has 0 aliphatic carbocycles. The van der Waals surface area contributed by atoms with Gasteiger partial charge in [-0.2, -0.15) is 13.2 Å². The Morgan fingerprint density at radius 1 is 1.13 bits per heavy atom. The quantitative estimate of drug-likeness (QED) is 0.634. The lowest BCUT2D eigenvalue weighted by Crippen LogP contribution is -2.57. The van der Waals surface area contributed by atoms with Crippen LogP contribution >= 0.6 is 0 Å². The van der Waals surface area contributed by atoms with E-state index in [1.54, 1.807) is 6.07 Å². The third kappa shape index (κ3) is 4.76. The first kappa shape index (κ1) is 21.8. The lowest BCUT2D eigenvalue weighted by Gasteiger charge is -2.40. The summed E-state index contributed by atoms with van der Waals surface area (Å²) in [6, 6.07) is 3.33. The van der Waals surface area contributed by atoms with Gasteiger partial charge in [-0.25, -0.2) is 31.5 Å². The van der Waals surface area contributed by atoms with Crippen LogP contribution in [0.25, 0.3) is 0 Å². The number of aromatic nitrogens is 3. The smallest absolute Gasteiger partial charge is 0.329 e. The summed E-state index contributed by atoms with van der Waals surface area (Å²) in [6.45, 7) is -0.741. The number of pyridine rings is 1. The Morgan fingerprint density at radius 3 is 2.39 bits per heavy atom. The van der Waals surface area contributed by atoms with E-state index in [2.05, 4.69) is 15.0 Å². The monoisotopic (exact) mass is 463 g/mol. The minimum absolute atomic E-state index is 0.0446. The highest BCUT2D eigenvalue weighted by molar-refractivity contribution is 7.88. The van der Waals surface area contributed by atoms with Crippen molar-refractivity contribution >= 4 is 16.0 Å². The number of nitrogens with zero attached hydrogens (tertiary/aromatic N) is 5. The number of halogens is 5. The van der Waals surface area contributed by atoms with Crippen molar-refractivity contribution in [3.05, 3.63) is 47.0 Å². The number of hydrogen-bond donors (Lipinski definition) is 0. The maximum Gasteiger partial charge on any atom is 0.416 e. The fourth-order valence-corrected chi connectivity index (χ4v) is 4.33. The van der Waals surface area contributed by atoms with Gasteiger partial charge in [-0.05, 0) is 18.2 Å². The summed E-state index contributed by atoms with van der Waals surface area (Å²) in [7, 11) is -3.36. The zero-order valence-corrected chi connectivity index (χ0v) is 17.1. The minimum Gasteiger partial charge on any atom is -0.329 e. The summed E-state index contributed by atoms with van der Waals surface area (Å²) < 4.78 is 90.0. The highest BCUT2D eigenvalue weighted by Crippen LogP contribution is 2.34. The molecule has 168 valence electrons. The Hall–Kier alpha value is -2.41. The average Bonchev–Trinajstić information content (AvgIpc) is 2.56. The maximum atomic E-state index is 13.3. The molecule has 2 aromatic rings. The third-order valence-corrected chi connectivity index (χ3v) is 6.39. The fraction of sp³-hybridized carbons (Fsp3) is 0.500. The van der Waals surface area contributed by atoms with E-state index in [0.29, 0.717) is 11.4 Å². The largest absolute Gasteiger partial charge is 0.416 e. The number of alkyl halides is 5. The van der Waals surface area contributed by atoms with Crippen molar-refractivity contribution in [3.8, 4) is 0 Å². The molecule has 2 saturated heterocycles. The van der Waals surface area contributed by atoms with Gasteiger partial charge in [0.1, 0.15) is 0 Å². The SMILES string of the molecule is CS(=O)(=O)N1CC(c2cc(Cc3cc(C(F)(F)F)ccn3)nc(N3CC(F)(F)C3)n2)C1. The van der Waals surface area contributed by atoms with Crippen LogP contribution in [0.4, 0.5) is 27.9 Å². The van der Waals surface area contributed by atoms with Crippen LogP contribution in [0.5, 0.6) is 0 Å². The molecule has 7 nitrogen and oxygen atoms in total. The van der Waals surface area contributed by atoms with Crippen LogP contribution < -0.4 is 4.90 Å². The average molecular weight is 463 g/mol. The van der Waals surface area contributed by atoms with Crippen LogP contribution in [-0.4, -0.2) is 66.0 Å². The van der Waals surface area contributed by atoms with Crippen LogP contribution in [-0.2, 0) is 22.6 Å². The first-order chi connectivity index (χ1) is 14.3. The summed E-state index contributed by atoms with van der Waals surface area (Å²) >= 11 is 0. The third-order valence-electron chi connectivity index (χ3n) is 5.16. The predicted molar refractivity (Wildman–Crippen MR) is 100 cm³/mol. The molecule has 2 aromatic heterocycles. The van der Waals surface area contributed by atoms with Gasteiger partial charge in [0.15, 0.2) is 0 Å². The zero-order chi connectivity index (χ0) is 22.6. The summed E-state index contributed by atoms with van der Waals surface area (Å²) in [5, 5.41) is 0. The second kappa shape index (κ2) is 7.33. The molecular formula is C18H18F5N5O2S. The van der Waals surface area contributed by atoms with Crippen LogP contribution in [0.2, 0.25) is 0 Å². The molecule has 0 radical (unpaired) electrons. The van der Waals surface area contributed by atoms with E-state index in [1.807, 2.05) is 0 Å². The van der Waals surface area contributed by atoms with E-state index in [1.165, 1.54) is 9.21 Å². The van der Waals surface area contributed by atoms with E-state index in [9.17, 15) is 30.4 Å². The molecule has 2 fully saturated rings. The normalized spacial score (nSPS) is 19.7. The lowest BCUT2D eigenvalue weighted by atomic mass is 9.97. The molecule has 0 aromatic carbocycles. The molecule has 0 N–H and O–H groups in total. The van der Waals surface area contributed by atoms with Crippen molar-refractivity contribution in [2.75, 3.05) is 37.3 Å². The Balaban J connectivity index is 1.61. The van der Waals surface area contributed by atoms with Gasteiger partial charge in [0.05, 0.1) is 36.3 Å². The number of sulfonamides is 1. The zero-order valence-electron chi connectivity index (χ0n) is 16.3. The van der Waals surface area contributed by atoms with Gasteiger partial charge in [-0.3, -0.25) is 4.98 Å². The van der Waals surface area contributed by atoms with Gasteiger partial charge >= 0.3 is 6.18 Å². The van der Waals surface area contributed by atoms with E-state index in [4.69, 9.17) is 0 Å². The molecule has 4 rings (SSSR count). The maximum absolute atomic E-state index is 13.3. The second-order valence-corrected chi connectivity index (χ2v) is 9.77. The van der Waals surface area contributed by atoms with Crippen molar-refractivity contribution in [3.63, 3.8) is 0 Å². The molecule has 13 heteroatoms. The minimum atomic E-state index is -4.52. The molecule has 31 heavy (non-hydrogen) atoms. The van der Waals surface area contributed by atoms with E-state index in [-0.39, 0.29) is 37.1 Å². The van der Waals surface area contributed by atoms with Gasteiger partial charge in [0.2, 0.25) is 16.0 Å². The number of anilines is 1. The standard InChI is InChI=1S/C18H18F5N5O2S/c1-31(29,30)28-7-11(8-28)15-6-14(25-16(26-15)27-9-17(19,20)10-27)5-13-4-12(2-3-24-13)18(21,22)23/h2-4,6,11H,5,7-10H2,1H3. The van der Waals surface area contributed by atoms with Crippen molar-refractivity contribution in [2.24, 2.45) is 0 Å².